The van der Waals surface area contributed by atoms with Crippen LogP contribution in [0.25, 0.3) is 0 Å². The molecule has 0 bridgehead atoms. The van der Waals surface area contributed by atoms with Gasteiger partial charge < -0.3 is 4.81 Å². The average molecular weight is 139 g/mol. The second kappa shape index (κ2) is 4.02. The first-order valence-electron chi connectivity index (χ1n) is 4.01. The molecule has 0 saturated heterocycles. The van der Waals surface area contributed by atoms with Gasteiger partial charge in [0.2, 0.25) is 0 Å². The van der Waals surface area contributed by atoms with Crippen molar-refractivity contribution in [3.05, 3.63) is 0 Å². The molecule has 0 aliphatic rings. The van der Waals surface area contributed by atoms with Gasteiger partial charge in [0, 0.05) is 5.54 Å². The van der Waals surface area contributed by atoms with Gasteiger partial charge in [-0.05, 0) is 33.7 Å². The fourth-order valence-electron chi connectivity index (χ4n) is 0.664. The van der Waals surface area contributed by atoms with Crippen molar-refractivity contribution in [1.82, 2.24) is 4.81 Å². The van der Waals surface area contributed by atoms with Gasteiger partial charge in [-0.3, -0.25) is 0 Å². The molecule has 0 N–H and O–H groups in total. The third-order valence-corrected chi connectivity index (χ3v) is 1.61. The van der Waals surface area contributed by atoms with Crippen molar-refractivity contribution < 1.29 is 0 Å². The molecule has 2 heteroatoms. The summed E-state index contributed by atoms with van der Waals surface area (Å²) in [5.41, 5.74) is 0.120. The molecule has 58 valence electrons. The third kappa shape index (κ3) is 3.94. The lowest BCUT2D eigenvalue weighted by Gasteiger charge is -2.32. The molecule has 0 saturated carbocycles. The Balaban J connectivity index is 3.52. The first-order chi connectivity index (χ1) is 4.48. The smallest absolute Gasteiger partial charge is 0.183 e. The maximum Gasteiger partial charge on any atom is 0.183 e. The Labute approximate surface area is 66.2 Å². The second-order valence-corrected chi connectivity index (χ2v) is 3.72. The van der Waals surface area contributed by atoms with Crippen molar-refractivity contribution in [2.45, 2.75) is 46.1 Å². The van der Waals surface area contributed by atoms with Gasteiger partial charge in [0.25, 0.3) is 0 Å². The van der Waals surface area contributed by atoms with E-state index in [0.717, 1.165) is 6.54 Å². The van der Waals surface area contributed by atoms with E-state index in [2.05, 4.69) is 27.7 Å². The fraction of sp³-hybridized carbons (Fsp3) is 1.00. The van der Waals surface area contributed by atoms with Gasteiger partial charge in [-0.1, -0.05) is 13.3 Å². The summed E-state index contributed by atoms with van der Waals surface area (Å²) in [6, 6.07) is 0. The first-order valence-corrected chi connectivity index (χ1v) is 4.01. The highest BCUT2D eigenvalue weighted by Crippen LogP contribution is 2.09. The van der Waals surface area contributed by atoms with Crippen molar-refractivity contribution in [3.8, 4) is 0 Å². The van der Waals surface area contributed by atoms with Gasteiger partial charge in [0.1, 0.15) is 0 Å². The van der Waals surface area contributed by atoms with Crippen molar-refractivity contribution >= 4 is 7.98 Å². The van der Waals surface area contributed by atoms with Crippen LogP contribution in [0.4, 0.5) is 0 Å². The molecular formula is C8H18BN. The van der Waals surface area contributed by atoms with E-state index in [1.54, 1.807) is 0 Å². The monoisotopic (exact) mass is 139 g/mol. The minimum atomic E-state index is 0.120. The van der Waals surface area contributed by atoms with E-state index in [-0.39, 0.29) is 5.54 Å². The average Bonchev–Trinajstić information content (AvgIpc) is 1.80. The summed E-state index contributed by atoms with van der Waals surface area (Å²) in [5.74, 6) is 0. The summed E-state index contributed by atoms with van der Waals surface area (Å²) >= 11 is 0. The predicted molar refractivity (Wildman–Crippen MR) is 47.1 cm³/mol. The zero-order valence-electron chi connectivity index (χ0n) is 7.65. The summed E-state index contributed by atoms with van der Waals surface area (Å²) in [6.07, 6.45) is 2.40. The van der Waals surface area contributed by atoms with Crippen LogP contribution in [-0.4, -0.2) is 24.9 Å². The molecule has 0 rings (SSSR count). The third-order valence-electron chi connectivity index (χ3n) is 1.61. The van der Waals surface area contributed by atoms with E-state index in [0.29, 0.717) is 0 Å². The van der Waals surface area contributed by atoms with Crippen LogP contribution in [0.1, 0.15) is 40.5 Å². The predicted octanol–water partition coefficient (Wildman–Crippen LogP) is 1.97. The van der Waals surface area contributed by atoms with Crippen LogP contribution in [0, 0.1) is 0 Å². The maximum absolute atomic E-state index is 5.77. The van der Waals surface area contributed by atoms with Gasteiger partial charge in [-0.25, -0.2) is 0 Å². The molecule has 0 aliphatic carbocycles. The summed E-state index contributed by atoms with van der Waals surface area (Å²) in [4.78, 5) is 1.90. The zero-order chi connectivity index (χ0) is 8.20. The van der Waals surface area contributed by atoms with Crippen LogP contribution in [0.2, 0.25) is 0 Å². The first kappa shape index (κ1) is 10.0. The molecule has 10 heavy (non-hydrogen) atoms. The maximum atomic E-state index is 5.77. The Morgan fingerprint density at radius 1 is 1.30 bits per heavy atom. The van der Waals surface area contributed by atoms with Crippen LogP contribution >= 0.6 is 0 Å². The molecule has 0 unspecified atom stereocenters. The molecule has 0 aromatic rings. The van der Waals surface area contributed by atoms with E-state index < -0.39 is 0 Å². The summed E-state index contributed by atoms with van der Waals surface area (Å²) in [6.45, 7) is 9.56. The number of hydrogen-bond acceptors (Lipinski definition) is 1. The van der Waals surface area contributed by atoms with E-state index >= 15 is 0 Å². The lowest BCUT2D eigenvalue weighted by atomic mass is 10.0. The molecule has 0 heterocycles. The molecule has 0 aromatic heterocycles. The van der Waals surface area contributed by atoms with E-state index in [9.17, 15) is 0 Å². The fourth-order valence-corrected chi connectivity index (χ4v) is 0.664. The number of hydrogen-bond donors (Lipinski definition) is 0. The normalized spacial score (nSPS) is 12.5. The molecular weight excluding hydrogens is 121 g/mol. The molecule has 0 aliphatic heterocycles. The van der Waals surface area contributed by atoms with E-state index in [1.807, 2.05) is 4.81 Å². The number of unbranched alkanes of at least 4 members (excludes halogenated alkanes) is 1. The molecule has 1 nitrogen and oxygen atoms in total. The van der Waals surface area contributed by atoms with Crippen molar-refractivity contribution in [1.29, 1.82) is 0 Å². The highest BCUT2D eigenvalue weighted by molar-refractivity contribution is 6.04. The standard InChI is InChI=1S/C8H18BN/c1-5-6-7-10(9)8(2,3)4/h5-7H2,1-4H3. The molecule has 0 aromatic carbocycles. The lowest BCUT2D eigenvalue weighted by Crippen LogP contribution is -2.39. The van der Waals surface area contributed by atoms with Gasteiger partial charge in [0.05, 0.1) is 0 Å². The molecule has 0 fully saturated rings. The Bertz CT molecular complexity index is 85.7. The molecule has 2 radical (unpaired) electrons. The SMILES string of the molecule is [B]N(CCCC)C(C)(C)C. The Kier molecular flexibility index (Phi) is 4.03. The van der Waals surface area contributed by atoms with E-state index in [1.165, 1.54) is 12.8 Å². The van der Waals surface area contributed by atoms with Crippen molar-refractivity contribution in [3.63, 3.8) is 0 Å². The number of nitrogens with zero attached hydrogens (tertiary/aromatic N) is 1. The van der Waals surface area contributed by atoms with Crippen LogP contribution in [0.5, 0.6) is 0 Å². The highest BCUT2D eigenvalue weighted by Gasteiger charge is 2.14. The second-order valence-electron chi connectivity index (χ2n) is 3.72. The minimum Gasteiger partial charge on any atom is -0.349 e. The van der Waals surface area contributed by atoms with E-state index in [4.69, 9.17) is 7.98 Å². The van der Waals surface area contributed by atoms with Crippen LogP contribution in [0.15, 0.2) is 0 Å². The lowest BCUT2D eigenvalue weighted by molar-refractivity contribution is 0.257. The summed E-state index contributed by atoms with van der Waals surface area (Å²) in [7, 11) is 5.77. The van der Waals surface area contributed by atoms with Crippen molar-refractivity contribution in [2.75, 3.05) is 6.54 Å². The molecule has 0 atom stereocenters. The summed E-state index contributed by atoms with van der Waals surface area (Å²) in [5, 5.41) is 0. The van der Waals surface area contributed by atoms with Gasteiger partial charge in [-0.2, -0.15) is 0 Å². The zero-order valence-corrected chi connectivity index (χ0v) is 7.65. The minimum absolute atomic E-state index is 0.120. The Hall–Kier alpha value is 0.0249. The molecule has 0 amide bonds. The topological polar surface area (TPSA) is 3.24 Å². The highest BCUT2D eigenvalue weighted by atomic mass is 15.1. The van der Waals surface area contributed by atoms with Crippen LogP contribution < -0.4 is 0 Å². The Morgan fingerprint density at radius 3 is 2.10 bits per heavy atom. The molecule has 0 spiro atoms. The quantitative estimate of drug-likeness (QED) is 0.540. The van der Waals surface area contributed by atoms with Gasteiger partial charge in [0.15, 0.2) is 7.98 Å². The summed E-state index contributed by atoms with van der Waals surface area (Å²) < 4.78 is 0. The largest absolute Gasteiger partial charge is 0.349 e. The van der Waals surface area contributed by atoms with Crippen molar-refractivity contribution in [2.24, 2.45) is 0 Å². The van der Waals surface area contributed by atoms with Gasteiger partial charge in [-0.15, -0.1) is 0 Å². The van der Waals surface area contributed by atoms with Crippen LogP contribution in [-0.2, 0) is 0 Å². The number of rotatable bonds is 3. The Morgan fingerprint density at radius 2 is 1.80 bits per heavy atom. The van der Waals surface area contributed by atoms with Crippen LogP contribution in [0.3, 0.4) is 0 Å². The van der Waals surface area contributed by atoms with Gasteiger partial charge >= 0.3 is 0 Å².